The van der Waals surface area contributed by atoms with Crippen LogP contribution in [0.2, 0.25) is 0 Å². The van der Waals surface area contributed by atoms with Crippen molar-refractivity contribution in [2.24, 2.45) is 5.41 Å². The Bertz CT molecular complexity index is 600. The van der Waals surface area contributed by atoms with Gasteiger partial charge in [-0.05, 0) is 41.0 Å². The first-order valence-corrected chi connectivity index (χ1v) is 6.56. The van der Waals surface area contributed by atoms with Crippen LogP contribution in [0, 0.1) is 5.41 Å². The van der Waals surface area contributed by atoms with E-state index in [1.54, 1.807) is 7.11 Å². The Balaban J connectivity index is 2.45. The number of aromatic nitrogens is 4. The molecule has 0 amide bonds. The van der Waals surface area contributed by atoms with Crippen LogP contribution >= 0.6 is 0 Å². The van der Waals surface area contributed by atoms with E-state index in [1.165, 1.54) is 0 Å². The van der Waals surface area contributed by atoms with Gasteiger partial charge in [0.05, 0.1) is 18.8 Å². The number of nitrogen functional groups attached to an aromatic ring is 1. The highest BCUT2D eigenvalue weighted by atomic mass is 16.5. The minimum absolute atomic E-state index is 0.0577. The second-order valence-electron chi connectivity index (χ2n) is 5.95. The molecule has 0 bridgehead atoms. The number of nitrogens with zero attached hydrogens (tertiary/aromatic N) is 4. The second-order valence-corrected chi connectivity index (χ2v) is 5.95. The van der Waals surface area contributed by atoms with Gasteiger partial charge in [-0.1, -0.05) is 20.8 Å². The molecule has 0 aliphatic carbocycles. The van der Waals surface area contributed by atoms with E-state index >= 15 is 0 Å². The third-order valence-electron chi connectivity index (χ3n) is 3.60. The van der Waals surface area contributed by atoms with Crippen LogP contribution in [0.25, 0.3) is 11.4 Å². The summed E-state index contributed by atoms with van der Waals surface area (Å²) in [6.45, 7) is 8.58. The molecule has 1 heterocycles. The van der Waals surface area contributed by atoms with E-state index in [9.17, 15) is 0 Å². The van der Waals surface area contributed by atoms with E-state index in [0.717, 1.165) is 5.56 Å². The highest BCUT2D eigenvalue weighted by Gasteiger charge is 2.26. The van der Waals surface area contributed by atoms with Gasteiger partial charge in [-0.2, -0.15) is 0 Å². The number of ether oxygens (including phenoxy) is 1. The van der Waals surface area contributed by atoms with Gasteiger partial charge in [0, 0.05) is 5.56 Å². The maximum absolute atomic E-state index is 5.95. The molecule has 1 atom stereocenters. The molecular weight excluding hydrogens is 254 g/mol. The van der Waals surface area contributed by atoms with Crippen molar-refractivity contribution in [1.82, 2.24) is 20.2 Å². The van der Waals surface area contributed by atoms with E-state index in [-0.39, 0.29) is 11.5 Å². The summed E-state index contributed by atoms with van der Waals surface area (Å²) >= 11 is 0. The van der Waals surface area contributed by atoms with Gasteiger partial charge < -0.3 is 10.5 Å². The van der Waals surface area contributed by atoms with Gasteiger partial charge in [0.2, 0.25) is 0 Å². The predicted octanol–water partition coefficient (Wildman–Crippen LogP) is 2.54. The first-order chi connectivity index (χ1) is 9.34. The van der Waals surface area contributed by atoms with E-state index in [4.69, 9.17) is 10.5 Å². The van der Waals surface area contributed by atoms with Crippen LogP contribution in [-0.2, 0) is 0 Å². The van der Waals surface area contributed by atoms with Gasteiger partial charge >= 0.3 is 0 Å². The Kier molecular flexibility index (Phi) is 3.65. The molecule has 0 aliphatic heterocycles. The number of nitrogens with two attached hydrogens (primary N) is 1. The van der Waals surface area contributed by atoms with Gasteiger partial charge in [0.25, 0.3) is 0 Å². The van der Waals surface area contributed by atoms with Gasteiger partial charge in [0.15, 0.2) is 5.82 Å². The lowest BCUT2D eigenvalue weighted by atomic mass is 9.88. The van der Waals surface area contributed by atoms with Crippen LogP contribution in [0.4, 0.5) is 5.69 Å². The van der Waals surface area contributed by atoms with E-state index < -0.39 is 0 Å². The fraction of sp³-hybridized carbons (Fsp3) is 0.500. The second kappa shape index (κ2) is 5.11. The molecule has 108 valence electrons. The number of hydrogen-bond donors (Lipinski definition) is 1. The number of anilines is 1. The summed E-state index contributed by atoms with van der Waals surface area (Å²) in [7, 11) is 1.59. The first kappa shape index (κ1) is 14.3. The topological polar surface area (TPSA) is 78.9 Å². The van der Waals surface area contributed by atoms with Crippen molar-refractivity contribution in [3.8, 4) is 17.1 Å². The van der Waals surface area contributed by atoms with Gasteiger partial charge in [-0.15, -0.1) is 5.10 Å². The van der Waals surface area contributed by atoms with Gasteiger partial charge in [0.1, 0.15) is 5.75 Å². The first-order valence-electron chi connectivity index (χ1n) is 6.56. The number of methoxy groups -OCH3 is 1. The number of tetrazole rings is 1. The molecule has 0 fully saturated rings. The summed E-state index contributed by atoms with van der Waals surface area (Å²) < 4.78 is 7.00. The Labute approximate surface area is 118 Å². The largest absolute Gasteiger partial charge is 0.495 e. The zero-order valence-corrected chi connectivity index (χ0v) is 12.6. The Morgan fingerprint density at radius 1 is 1.30 bits per heavy atom. The van der Waals surface area contributed by atoms with Crippen molar-refractivity contribution >= 4 is 5.69 Å². The zero-order valence-electron chi connectivity index (χ0n) is 12.6. The maximum Gasteiger partial charge on any atom is 0.182 e. The van der Waals surface area contributed by atoms with Crippen molar-refractivity contribution in [3.63, 3.8) is 0 Å². The van der Waals surface area contributed by atoms with Crippen molar-refractivity contribution in [1.29, 1.82) is 0 Å². The van der Waals surface area contributed by atoms with Crippen LogP contribution in [0.1, 0.15) is 33.7 Å². The Hall–Kier alpha value is -2.11. The van der Waals surface area contributed by atoms with Crippen LogP contribution < -0.4 is 10.5 Å². The average Bonchev–Trinajstić information content (AvgIpc) is 2.85. The molecule has 2 aromatic rings. The summed E-state index contributed by atoms with van der Waals surface area (Å²) in [5, 5.41) is 12.0. The van der Waals surface area contributed by atoms with Crippen LogP contribution in [0.15, 0.2) is 18.2 Å². The number of rotatable bonds is 3. The van der Waals surface area contributed by atoms with Crippen molar-refractivity contribution < 1.29 is 4.74 Å². The van der Waals surface area contributed by atoms with Crippen molar-refractivity contribution in [2.45, 2.75) is 33.7 Å². The molecule has 0 saturated heterocycles. The lowest BCUT2D eigenvalue weighted by Gasteiger charge is -2.27. The molecular formula is C14H21N5O. The normalized spacial score (nSPS) is 13.2. The maximum atomic E-state index is 5.95. The van der Waals surface area contributed by atoms with Crippen molar-refractivity contribution in [3.05, 3.63) is 18.2 Å². The fourth-order valence-corrected chi connectivity index (χ4v) is 1.88. The highest BCUT2D eigenvalue weighted by Crippen LogP contribution is 2.33. The molecule has 0 saturated carbocycles. The van der Waals surface area contributed by atoms with E-state index in [0.29, 0.717) is 17.3 Å². The fourth-order valence-electron chi connectivity index (χ4n) is 1.88. The number of hydrogen-bond acceptors (Lipinski definition) is 5. The lowest BCUT2D eigenvalue weighted by Crippen LogP contribution is -2.23. The molecule has 2 N–H and O–H groups in total. The Morgan fingerprint density at radius 3 is 2.55 bits per heavy atom. The smallest absolute Gasteiger partial charge is 0.182 e. The molecule has 6 heteroatoms. The van der Waals surface area contributed by atoms with Gasteiger partial charge in [-0.3, -0.25) is 0 Å². The quantitative estimate of drug-likeness (QED) is 0.871. The zero-order chi connectivity index (χ0) is 14.9. The van der Waals surface area contributed by atoms with E-state index in [2.05, 4.69) is 43.2 Å². The molecule has 0 radical (unpaired) electrons. The highest BCUT2D eigenvalue weighted by molar-refractivity contribution is 5.66. The summed E-state index contributed by atoms with van der Waals surface area (Å²) in [5.74, 6) is 1.36. The lowest BCUT2D eigenvalue weighted by molar-refractivity contribution is 0.243. The summed E-state index contributed by atoms with van der Waals surface area (Å²) in [6, 6.07) is 5.73. The SMILES string of the molecule is COc1ccc(-c2nnnn2C(C)C(C)(C)C)cc1N. The van der Waals surface area contributed by atoms with Gasteiger partial charge in [-0.25, -0.2) is 4.68 Å². The van der Waals surface area contributed by atoms with Crippen LogP contribution in [0.3, 0.4) is 0 Å². The molecule has 2 rings (SSSR count). The summed E-state index contributed by atoms with van der Waals surface area (Å²) in [5.41, 5.74) is 7.46. The molecule has 6 nitrogen and oxygen atoms in total. The molecule has 1 unspecified atom stereocenters. The molecule has 1 aromatic heterocycles. The van der Waals surface area contributed by atoms with Crippen molar-refractivity contribution in [2.75, 3.05) is 12.8 Å². The monoisotopic (exact) mass is 275 g/mol. The third kappa shape index (κ3) is 2.59. The molecule has 20 heavy (non-hydrogen) atoms. The third-order valence-corrected chi connectivity index (χ3v) is 3.60. The van der Waals surface area contributed by atoms with E-state index in [1.807, 2.05) is 22.9 Å². The van der Waals surface area contributed by atoms with Crippen LogP contribution in [0.5, 0.6) is 5.75 Å². The molecule has 0 aliphatic rings. The number of benzene rings is 1. The minimum Gasteiger partial charge on any atom is -0.495 e. The summed E-state index contributed by atoms with van der Waals surface area (Å²) in [6.07, 6.45) is 0. The molecule has 0 spiro atoms. The minimum atomic E-state index is 0.0577. The standard InChI is InChI=1S/C14H21N5O/c1-9(14(2,3)4)19-13(16-17-18-19)10-6-7-12(20-5)11(15)8-10/h6-9H,15H2,1-5H3. The average molecular weight is 275 g/mol. The van der Waals surface area contributed by atoms with Crippen LogP contribution in [-0.4, -0.2) is 27.3 Å². The summed E-state index contributed by atoms with van der Waals surface area (Å²) in [4.78, 5) is 0. The predicted molar refractivity (Wildman–Crippen MR) is 78.4 cm³/mol. The Morgan fingerprint density at radius 2 is 2.00 bits per heavy atom. The molecule has 1 aromatic carbocycles.